The zero-order chi connectivity index (χ0) is 13.0. The number of unbranched alkanes of at least 4 members (excludes halogenated alkanes) is 1. The van der Waals surface area contributed by atoms with Crippen molar-refractivity contribution in [3.05, 3.63) is 48.0 Å². The summed E-state index contributed by atoms with van der Waals surface area (Å²) in [6, 6.07) is 14.2. The average Bonchev–Trinajstić information content (AvgIpc) is 2.38. The van der Waals surface area contributed by atoms with Crippen molar-refractivity contribution < 1.29 is 0 Å². The summed E-state index contributed by atoms with van der Waals surface area (Å²) in [5.74, 6) is 0. The van der Waals surface area contributed by atoms with Gasteiger partial charge >= 0.3 is 0 Å². The Hall–Kier alpha value is -1.96. The summed E-state index contributed by atoms with van der Waals surface area (Å²) in [6.07, 6.45) is 3.45. The molecular formula is C16H20N2. The monoisotopic (exact) mass is 240 g/mol. The predicted molar refractivity (Wildman–Crippen MR) is 79.3 cm³/mol. The first-order valence-electron chi connectivity index (χ1n) is 6.45. The highest BCUT2D eigenvalue weighted by Gasteiger charge is 2.05. The number of nitrogens with two attached hydrogens (primary N) is 2. The Morgan fingerprint density at radius 1 is 0.889 bits per heavy atom. The normalized spacial score (nSPS) is 10.5. The summed E-state index contributed by atoms with van der Waals surface area (Å²) >= 11 is 0. The number of rotatable bonds is 4. The molecule has 0 atom stereocenters. The number of nitrogen functional groups attached to an aromatic ring is 2. The Bertz CT molecular complexity index is 515. The topological polar surface area (TPSA) is 52.0 Å². The van der Waals surface area contributed by atoms with Crippen molar-refractivity contribution in [3.63, 3.8) is 0 Å². The second kappa shape index (κ2) is 5.58. The van der Waals surface area contributed by atoms with E-state index in [9.17, 15) is 0 Å². The van der Waals surface area contributed by atoms with Crippen molar-refractivity contribution in [1.82, 2.24) is 0 Å². The van der Waals surface area contributed by atoms with Crippen molar-refractivity contribution in [2.24, 2.45) is 0 Å². The van der Waals surface area contributed by atoms with E-state index in [0.29, 0.717) is 0 Å². The van der Waals surface area contributed by atoms with E-state index < -0.39 is 0 Å². The van der Waals surface area contributed by atoms with Crippen molar-refractivity contribution in [1.29, 1.82) is 0 Å². The fraction of sp³-hybridized carbons (Fsp3) is 0.250. The minimum atomic E-state index is 0.796. The molecule has 0 heterocycles. The molecule has 0 aromatic heterocycles. The van der Waals surface area contributed by atoms with Gasteiger partial charge in [-0.15, -0.1) is 0 Å². The lowest BCUT2D eigenvalue weighted by molar-refractivity contribution is 0.796. The first-order valence-corrected chi connectivity index (χ1v) is 6.45. The van der Waals surface area contributed by atoms with Crippen LogP contribution in [0.5, 0.6) is 0 Å². The molecule has 0 saturated heterocycles. The van der Waals surface area contributed by atoms with Gasteiger partial charge in [-0.3, -0.25) is 0 Å². The zero-order valence-corrected chi connectivity index (χ0v) is 10.8. The molecule has 0 aliphatic carbocycles. The molecule has 2 heteroatoms. The smallest absolute Gasteiger partial charge is 0.0317 e. The van der Waals surface area contributed by atoms with Crippen LogP contribution in [0.25, 0.3) is 11.1 Å². The summed E-state index contributed by atoms with van der Waals surface area (Å²) in [6.45, 7) is 2.20. The standard InChI is InChI=1S/C16H20N2/c1-2-3-4-13-11-15(18)9-10-16(13)12-5-7-14(17)8-6-12/h5-11H,2-4,17-18H2,1H3. The average molecular weight is 240 g/mol. The lowest BCUT2D eigenvalue weighted by Crippen LogP contribution is -1.94. The largest absolute Gasteiger partial charge is 0.399 e. The summed E-state index contributed by atoms with van der Waals surface area (Å²) in [4.78, 5) is 0. The maximum absolute atomic E-state index is 5.88. The minimum Gasteiger partial charge on any atom is -0.399 e. The first-order chi connectivity index (χ1) is 8.70. The highest BCUT2D eigenvalue weighted by molar-refractivity contribution is 5.71. The van der Waals surface area contributed by atoms with Crippen LogP contribution in [0.4, 0.5) is 11.4 Å². The van der Waals surface area contributed by atoms with Crippen molar-refractivity contribution in [2.75, 3.05) is 11.5 Å². The van der Waals surface area contributed by atoms with E-state index >= 15 is 0 Å². The van der Waals surface area contributed by atoms with Gasteiger partial charge in [0, 0.05) is 11.4 Å². The summed E-state index contributed by atoms with van der Waals surface area (Å²) < 4.78 is 0. The summed E-state index contributed by atoms with van der Waals surface area (Å²) in [7, 11) is 0. The van der Waals surface area contributed by atoms with Gasteiger partial charge in [-0.25, -0.2) is 0 Å². The summed E-state index contributed by atoms with van der Waals surface area (Å²) in [5, 5.41) is 0. The molecule has 0 aliphatic rings. The van der Waals surface area contributed by atoms with E-state index in [-0.39, 0.29) is 0 Å². The van der Waals surface area contributed by atoms with Gasteiger partial charge in [-0.2, -0.15) is 0 Å². The molecule has 18 heavy (non-hydrogen) atoms. The maximum atomic E-state index is 5.88. The minimum absolute atomic E-state index is 0.796. The van der Waals surface area contributed by atoms with E-state index in [1.165, 1.54) is 29.5 Å². The molecule has 2 rings (SSSR count). The molecule has 0 saturated carbocycles. The fourth-order valence-corrected chi connectivity index (χ4v) is 2.13. The lowest BCUT2D eigenvalue weighted by atomic mass is 9.95. The van der Waals surface area contributed by atoms with E-state index in [1.54, 1.807) is 0 Å². The quantitative estimate of drug-likeness (QED) is 0.797. The number of hydrogen-bond acceptors (Lipinski definition) is 2. The van der Waals surface area contributed by atoms with Gasteiger partial charge in [-0.05, 0) is 53.8 Å². The molecule has 2 aromatic rings. The molecular weight excluding hydrogens is 220 g/mol. The zero-order valence-electron chi connectivity index (χ0n) is 10.8. The van der Waals surface area contributed by atoms with Gasteiger partial charge in [0.2, 0.25) is 0 Å². The van der Waals surface area contributed by atoms with Crippen LogP contribution >= 0.6 is 0 Å². The van der Waals surface area contributed by atoms with Crippen LogP contribution in [0, 0.1) is 0 Å². The van der Waals surface area contributed by atoms with Crippen LogP contribution in [0.3, 0.4) is 0 Å². The van der Waals surface area contributed by atoms with Crippen LogP contribution in [-0.2, 0) is 6.42 Å². The molecule has 0 spiro atoms. The third-order valence-corrected chi connectivity index (χ3v) is 3.15. The molecule has 0 radical (unpaired) electrons. The van der Waals surface area contributed by atoms with Gasteiger partial charge < -0.3 is 11.5 Å². The number of hydrogen-bond donors (Lipinski definition) is 2. The lowest BCUT2D eigenvalue weighted by Gasteiger charge is -2.11. The number of benzene rings is 2. The SMILES string of the molecule is CCCCc1cc(N)ccc1-c1ccc(N)cc1. The molecule has 94 valence electrons. The molecule has 2 aromatic carbocycles. The maximum Gasteiger partial charge on any atom is 0.0317 e. The highest BCUT2D eigenvalue weighted by Crippen LogP contribution is 2.27. The second-order valence-corrected chi connectivity index (χ2v) is 4.64. The molecule has 0 unspecified atom stereocenters. The summed E-state index contributed by atoms with van der Waals surface area (Å²) in [5.41, 5.74) is 17.0. The number of anilines is 2. The van der Waals surface area contributed by atoms with Crippen LogP contribution in [-0.4, -0.2) is 0 Å². The molecule has 0 amide bonds. The van der Waals surface area contributed by atoms with Crippen molar-refractivity contribution in [3.8, 4) is 11.1 Å². The number of aryl methyl sites for hydroxylation is 1. The highest BCUT2D eigenvalue weighted by atomic mass is 14.5. The van der Waals surface area contributed by atoms with Gasteiger partial charge in [0.15, 0.2) is 0 Å². The van der Waals surface area contributed by atoms with Crippen molar-refractivity contribution in [2.45, 2.75) is 26.2 Å². The Morgan fingerprint density at radius 3 is 2.22 bits per heavy atom. The molecule has 2 nitrogen and oxygen atoms in total. The fourth-order valence-electron chi connectivity index (χ4n) is 2.13. The van der Waals surface area contributed by atoms with E-state index in [2.05, 4.69) is 31.2 Å². The Labute approximate surface area is 109 Å². The first kappa shape index (κ1) is 12.5. The Balaban J connectivity index is 2.39. The van der Waals surface area contributed by atoms with Crippen molar-refractivity contribution >= 4 is 11.4 Å². The molecule has 0 bridgehead atoms. The van der Waals surface area contributed by atoms with E-state index in [0.717, 1.165) is 17.8 Å². The van der Waals surface area contributed by atoms with Gasteiger partial charge in [0.05, 0.1) is 0 Å². The van der Waals surface area contributed by atoms with E-state index in [4.69, 9.17) is 11.5 Å². The second-order valence-electron chi connectivity index (χ2n) is 4.64. The third-order valence-electron chi connectivity index (χ3n) is 3.15. The molecule has 4 N–H and O–H groups in total. The van der Waals surface area contributed by atoms with Crippen LogP contribution in [0.1, 0.15) is 25.3 Å². The van der Waals surface area contributed by atoms with E-state index in [1.807, 2.05) is 18.2 Å². The van der Waals surface area contributed by atoms with Gasteiger partial charge in [0.25, 0.3) is 0 Å². The molecule has 0 fully saturated rings. The van der Waals surface area contributed by atoms with Gasteiger partial charge in [0.1, 0.15) is 0 Å². The Morgan fingerprint density at radius 2 is 1.56 bits per heavy atom. The van der Waals surface area contributed by atoms with Crippen LogP contribution < -0.4 is 11.5 Å². The Kier molecular flexibility index (Phi) is 3.88. The van der Waals surface area contributed by atoms with Crippen LogP contribution in [0.15, 0.2) is 42.5 Å². The molecule has 0 aliphatic heterocycles. The third kappa shape index (κ3) is 2.83. The van der Waals surface area contributed by atoms with Crippen LogP contribution in [0.2, 0.25) is 0 Å². The predicted octanol–water partition coefficient (Wildman–Crippen LogP) is 3.86. The van der Waals surface area contributed by atoms with Gasteiger partial charge in [-0.1, -0.05) is 31.5 Å².